The van der Waals surface area contributed by atoms with Crippen LogP contribution in [0.25, 0.3) is 0 Å². The normalized spacial score (nSPS) is 25.0. The summed E-state index contributed by atoms with van der Waals surface area (Å²) < 4.78 is 7.05. The van der Waals surface area contributed by atoms with Gasteiger partial charge in [-0.3, -0.25) is 9.59 Å². The number of nitrogens with zero attached hydrogens (tertiary/aromatic N) is 2. The van der Waals surface area contributed by atoms with Crippen molar-refractivity contribution in [2.75, 3.05) is 26.7 Å². The Labute approximate surface area is 182 Å². The maximum absolute atomic E-state index is 13.7. The number of pyridine rings is 1. The van der Waals surface area contributed by atoms with Crippen molar-refractivity contribution < 1.29 is 9.53 Å². The van der Waals surface area contributed by atoms with E-state index in [-0.39, 0.29) is 36.0 Å². The van der Waals surface area contributed by atoms with E-state index in [2.05, 4.69) is 5.32 Å². The quantitative estimate of drug-likeness (QED) is 0.811. The lowest BCUT2D eigenvalue weighted by Crippen LogP contribution is -2.39. The molecule has 3 heterocycles. The highest BCUT2D eigenvalue weighted by molar-refractivity contribution is 5.95. The number of likely N-dealkylation sites (tertiary alicyclic amines) is 1. The number of aryl methyl sites for hydroxylation is 1. The van der Waals surface area contributed by atoms with Crippen molar-refractivity contribution in [3.05, 3.63) is 63.6 Å². The van der Waals surface area contributed by atoms with Crippen molar-refractivity contribution in [2.45, 2.75) is 31.8 Å². The van der Waals surface area contributed by atoms with Gasteiger partial charge in [0, 0.05) is 37.8 Å². The molecule has 2 aromatic rings. The molecular weight excluding hydrogens is 402 g/mol. The van der Waals surface area contributed by atoms with E-state index in [1.54, 1.807) is 11.7 Å². The molecule has 6 nitrogen and oxygen atoms in total. The Hall–Kier alpha value is -2.31. The van der Waals surface area contributed by atoms with E-state index in [0.29, 0.717) is 23.9 Å². The molecule has 1 saturated carbocycles. The van der Waals surface area contributed by atoms with E-state index in [9.17, 15) is 9.59 Å². The van der Waals surface area contributed by atoms with Crippen LogP contribution < -0.4 is 15.6 Å². The summed E-state index contributed by atoms with van der Waals surface area (Å²) in [5.74, 6) is 1.46. The van der Waals surface area contributed by atoms with Crippen LogP contribution in [0.1, 0.15) is 46.4 Å². The number of amides is 1. The predicted octanol–water partition coefficient (Wildman–Crippen LogP) is 2.95. The standard InChI is InChI=1S/C23H27N3O3.ClH/c1-14-9-10-25(17-5-6-17)22(27)20(14)23(28)26-13-16-11-24-12-19(16)21(26)15-3-7-18(29-2)8-4-15;/h3-4,7-10,16-17,19,21,24H,5-6,11-13H2,1-2H3;1H/t16-,19-,21+;/m0./s1. The molecule has 5 rings (SSSR count). The van der Waals surface area contributed by atoms with Gasteiger partial charge in [-0.1, -0.05) is 12.1 Å². The first kappa shape index (κ1) is 20.9. The lowest BCUT2D eigenvalue weighted by Gasteiger charge is -2.29. The van der Waals surface area contributed by atoms with Gasteiger partial charge >= 0.3 is 0 Å². The number of nitrogens with one attached hydrogen (secondary N) is 1. The van der Waals surface area contributed by atoms with Crippen molar-refractivity contribution in [3.8, 4) is 5.75 Å². The van der Waals surface area contributed by atoms with Crippen molar-refractivity contribution in [1.82, 2.24) is 14.8 Å². The fourth-order valence-electron chi connectivity index (χ4n) is 5.04. The van der Waals surface area contributed by atoms with Gasteiger partial charge in [-0.05, 0) is 55.0 Å². The number of ether oxygens (including phenoxy) is 1. The molecule has 0 unspecified atom stereocenters. The first-order chi connectivity index (χ1) is 14.1. The Kier molecular flexibility index (Phi) is 5.64. The number of hydrogen-bond acceptors (Lipinski definition) is 4. The number of benzene rings is 1. The third kappa shape index (κ3) is 3.42. The van der Waals surface area contributed by atoms with Crippen LogP contribution in [0.4, 0.5) is 0 Å². The average molecular weight is 430 g/mol. The highest BCUT2D eigenvalue weighted by Crippen LogP contribution is 2.43. The minimum absolute atomic E-state index is 0. The summed E-state index contributed by atoms with van der Waals surface area (Å²) in [5, 5.41) is 3.47. The van der Waals surface area contributed by atoms with Crippen LogP contribution in [0.15, 0.2) is 41.3 Å². The monoisotopic (exact) mass is 429 g/mol. The van der Waals surface area contributed by atoms with Gasteiger partial charge < -0.3 is 19.5 Å². The first-order valence-electron chi connectivity index (χ1n) is 10.5. The molecule has 3 atom stereocenters. The highest BCUT2D eigenvalue weighted by atomic mass is 35.5. The molecular formula is C23H28ClN3O3. The maximum Gasteiger partial charge on any atom is 0.263 e. The Bertz CT molecular complexity index is 1000. The molecule has 160 valence electrons. The van der Waals surface area contributed by atoms with E-state index in [0.717, 1.165) is 42.8 Å². The van der Waals surface area contributed by atoms with Gasteiger partial charge in [0.2, 0.25) is 0 Å². The largest absolute Gasteiger partial charge is 0.497 e. The third-order valence-electron chi connectivity index (χ3n) is 6.76. The molecule has 1 aromatic heterocycles. The van der Waals surface area contributed by atoms with Crippen LogP contribution in [0, 0.1) is 18.8 Å². The molecule has 1 aliphatic carbocycles. The van der Waals surface area contributed by atoms with Gasteiger partial charge in [-0.25, -0.2) is 0 Å². The number of carbonyl (C=O) groups excluding carboxylic acids is 1. The second-order valence-corrected chi connectivity index (χ2v) is 8.58. The Morgan fingerprint density at radius 3 is 2.53 bits per heavy atom. The first-order valence-corrected chi connectivity index (χ1v) is 10.5. The van der Waals surface area contributed by atoms with E-state index in [1.807, 2.05) is 48.4 Å². The van der Waals surface area contributed by atoms with Gasteiger partial charge in [0.25, 0.3) is 11.5 Å². The molecule has 2 aliphatic heterocycles. The molecule has 30 heavy (non-hydrogen) atoms. The lowest BCUT2D eigenvalue weighted by atomic mass is 9.89. The molecule has 1 N–H and O–H groups in total. The van der Waals surface area contributed by atoms with Gasteiger partial charge in [0.15, 0.2) is 0 Å². The van der Waals surface area contributed by atoms with Gasteiger partial charge in [-0.15, -0.1) is 12.4 Å². The Balaban J connectivity index is 0.00000218. The second-order valence-electron chi connectivity index (χ2n) is 8.58. The van der Waals surface area contributed by atoms with E-state index < -0.39 is 0 Å². The van der Waals surface area contributed by atoms with Crippen LogP contribution in [0.3, 0.4) is 0 Å². The summed E-state index contributed by atoms with van der Waals surface area (Å²) >= 11 is 0. The molecule has 0 bridgehead atoms. The summed E-state index contributed by atoms with van der Waals surface area (Å²) in [6.45, 7) is 4.36. The zero-order chi connectivity index (χ0) is 20.1. The zero-order valence-corrected chi connectivity index (χ0v) is 18.2. The summed E-state index contributed by atoms with van der Waals surface area (Å²) in [7, 11) is 1.65. The van der Waals surface area contributed by atoms with Crippen molar-refractivity contribution in [3.63, 3.8) is 0 Å². The van der Waals surface area contributed by atoms with Gasteiger partial charge in [-0.2, -0.15) is 0 Å². The summed E-state index contributed by atoms with van der Waals surface area (Å²) in [6.07, 6.45) is 3.88. The maximum atomic E-state index is 13.7. The molecule has 0 radical (unpaired) electrons. The van der Waals surface area contributed by atoms with Crippen LogP contribution in [0.2, 0.25) is 0 Å². The Morgan fingerprint density at radius 1 is 1.13 bits per heavy atom. The molecule has 3 aliphatic rings. The number of carbonyl (C=O) groups is 1. The topological polar surface area (TPSA) is 63.6 Å². The van der Waals surface area contributed by atoms with E-state index in [4.69, 9.17) is 4.74 Å². The van der Waals surface area contributed by atoms with Crippen LogP contribution in [-0.2, 0) is 0 Å². The minimum Gasteiger partial charge on any atom is -0.497 e. The number of aromatic nitrogens is 1. The number of methoxy groups -OCH3 is 1. The van der Waals surface area contributed by atoms with E-state index >= 15 is 0 Å². The molecule has 3 fully saturated rings. The van der Waals surface area contributed by atoms with Crippen LogP contribution in [0.5, 0.6) is 5.75 Å². The second kappa shape index (κ2) is 8.08. The SMILES string of the molecule is COc1ccc([C@@H]2[C@H]3CNC[C@H]3CN2C(=O)c2c(C)ccn(C3CC3)c2=O)cc1.Cl. The molecule has 2 saturated heterocycles. The van der Waals surface area contributed by atoms with Gasteiger partial charge in [0.05, 0.1) is 13.2 Å². The van der Waals surface area contributed by atoms with E-state index in [1.165, 1.54) is 0 Å². The summed E-state index contributed by atoms with van der Waals surface area (Å²) in [6, 6.07) is 10.1. The molecule has 1 aromatic carbocycles. The van der Waals surface area contributed by atoms with Crippen molar-refractivity contribution in [2.24, 2.45) is 11.8 Å². The average Bonchev–Trinajstić information content (AvgIpc) is 3.34. The third-order valence-corrected chi connectivity index (χ3v) is 6.76. The highest BCUT2D eigenvalue weighted by Gasteiger charge is 2.47. The smallest absolute Gasteiger partial charge is 0.263 e. The Morgan fingerprint density at radius 2 is 1.87 bits per heavy atom. The fourth-order valence-corrected chi connectivity index (χ4v) is 5.04. The summed E-state index contributed by atoms with van der Waals surface area (Å²) in [4.78, 5) is 28.8. The molecule has 7 heteroatoms. The number of hydrogen-bond donors (Lipinski definition) is 1. The number of fused-ring (bicyclic) bond motifs is 1. The predicted molar refractivity (Wildman–Crippen MR) is 118 cm³/mol. The zero-order valence-electron chi connectivity index (χ0n) is 17.3. The van der Waals surface area contributed by atoms with Crippen LogP contribution in [-0.4, -0.2) is 42.1 Å². The number of halogens is 1. The van der Waals surface area contributed by atoms with Gasteiger partial charge in [0.1, 0.15) is 11.3 Å². The molecule has 1 amide bonds. The summed E-state index contributed by atoms with van der Waals surface area (Å²) in [5.41, 5.74) is 2.07. The molecule has 0 spiro atoms. The van der Waals surface area contributed by atoms with Crippen LogP contribution >= 0.6 is 12.4 Å². The fraction of sp³-hybridized carbons (Fsp3) is 0.478. The number of rotatable bonds is 4. The lowest BCUT2D eigenvalue weighted by molar-refractivity contribution is 0.0710. The minimum atomic E-state index is -0.138. The van der Waals surface area contributed by atoms with Crippen molar-refractivity contribution >= 4 is 18.3 Å². The van der Waals surface area contributed by atoms with Crippen molar-refractivity contribution in [1.29, 1.82) is 0 Å².